The highest BCUT2D eigenvalue weighted by molar-refractivity contribution is 7.90. The molecule has 6 rings (SSSR count). The fraction of sp³-hybridized carbons (Fsp3) is 0.514. The van der Waals surface area contributed by atoms with Gasteiger partial charge in [-0.05, 0) is 81.6 Å². The van der Waals surface area contributed by atoms with Crippen LogP contribution in [0.25, 0.3) is 11.0 Å². The minimum atomic E-state index is -3.49. The first kappa shape index (κ1) is 35.7. The predicted octanol–water partition coefficient (Wildman–Crippen LogP) is 4.52. The van der Waals surface area contributed by atoms with E-state index >= 15 is 0 Å². The molecule has 13 heteroatoms. The van der Waals surface area contributed by atoms with Crippen molar-refractivity contribution in [2.45, 2.75) is 74.3 Å². The summed E-state index contributed by atoms with van der Waals surface area (Å²) in [5, 5.41) is 6.66. The van der Waals surface area contributed by atoms with Gasteiger partial charge in [-0.25, -0.2) is 8.42 Å². The van der Waals surface area contributed by atoms with E-state index in [1.165, 1.54) is 25.3 Å². The molecule has 2 saturated heterocycles. The van der Waals surface area contributed by atoms with Crippen molar-refractivity contribution in [1.82, 2.24) is 15.5 Å². The average Bonchev–Trinajstić information content (AvgIpc) is 3.50. The number of sulfone groups is 1. The molecule has 48 heavy (non-hydrogen) atoms. The Hall–Kier alpha value is -3.61. The highest BCUT2D eigenvalue weighted by Gasteiger charge is 2.43. The topological polar surface area (TPSA) is 138 Å². The van der Waals surface area contributed by atoms with Gasteiger partial charge in [0.15, 0.2) is 21.4 Å². The third-order valence-corrected chi connectivity index (χ3v) is 10.8. The molecular weight excluding hydrogens is 656 g/mol. The largest absolute Gasteiger partial charge is 0.492 e. The zero-order valence-corrected chi connectivity index (χ0v) is 29.0. The van der Waals surface area contributed by atoms with E-state index in [0.29, 0.717) is 49.4 Å². The van der Waals surface area contributed by atoms with Crippen molar-refractivity contribution in [3.05, 3.63) is 54.3 Å². The SMILES string of the molecule is CS(=O)(=O)c1ccccc1N1CCC(NC(=O)C2(NC(=O)c3cc4cc(OCCN5CCCCC5)ccc4o3)CCCCC2)C(=O)C1.Cl. The maximum absolute atomic E-state index is 13.8. The zero-order chi connectivity index (χ0) is 33.0. The molecule has 3 heterocycles. The number of rotatable bonds is 10. The number of benzene rings is 2. The number of hydrogen-bond acceptors (Lipinski definition) is 9. The van der Waals surface area contributed by atoms with Crippen molar-refractivity contribution >= 4 is 56.5 Å². The molecule has 3 fully saturated rings. The molecular formula is C35H45ClN4O7S. The number of anilines is 1. The third-order valence-electron chi connectivity index (χ3n) is 9.66. The molecule has 1 aromatic heterocycles. The number of ether oxygens (including phenoxy) is 1. The zero-order valence-electron chi connectivity index (χ0n) is 27.4. The molecule has 3 aliphatic rings. The van der Waals surface area contributed by atoms with Gasteiger partial charge in [0.25, 0.3) is 5.91 Å². The number of carbonyl (C=O) groups excluding carboxylic acids is 3. The molecule has 2 aliphatic heterocycles. The predicted molar refractivity (Wildman–Crippen MR) is 186 cm³/mol. The molecule has 1 saturated carbocycles. The maximum Gasteiger partial charge on any atom is 0.287 e. The van der Waals surface area contributed by atoms with Gasteiger partial charge in [0, 0.05) is 24.7 Å². The number of hydrogen-bond donors (Lipinski definition) is 2. The number of halogens is 1. The van der Waals surface area contributed by atoms with E-state index in [-0.39, 0.29) is 41.3 Å². The summed E-state index contributed by atoms with van der Waals surface area (Å²) in [4.78, 5) is 45.0. The van der Waals surface area contributed by atoms with Gasteiger partial charge in [0.2, 0.25) is 5.91 Å². The first-order valence-electron chi connectivity index (χ1n) is 16.7. The van der Waals surface area contributed by atoms with E-state index < -0.39 is 27.3 Å². The van der Waals surface area contributed by atoms with Crippen molar-refractivity contribution in [2.75, 3.05) is 50.5 Å². The molecule has 2 N–H and O–H groups in total. The maximum atomic E-state index is 13.8. The molecule has 0 bridgehead atoms. The second-order valence-corrected chi connectivity index (χ2v) is 15.1. The van der Waals surface area contributed by atoms with E-state index in [2.05, 4.69) is 15.5 Å². The van der Waals surface area contributed by atoms with E-state index in [4.69, 9.17) is 9.15 Å². The van der Waals surface area contributed by atoms with Crippen LogP contribution in [0.3, 0.4) is 0 Å². The number of nitrogens with one attached hydrogen (secondary N) is 2. The van der Waals surface area contributed by atoms with Crippen LogP contribution in [0.2, 0.25) is 0 Å². The van der Waals surface area contributed by atoms with Gasteiger partial charge >= 0.3 is 0 Å². The Morgan fingerprint density at radius 3 is 2.44 bits per heavy atom. The molecule has 0 spiro atoms. The Labute approximate surface area is 288 Å². The Balaban J connectivity index is 0.00000451. The van der Waals surface area contributed by atoms with Crippen LogP contribution in [0, 0.1) is 0 Å². The molecule has 2 amide bonds. The number of fused-ring (bicyclic) bond motifs is 1. The summed E-state index contributed by atoms with van der Waals surface area (Å²) in [5.41, 5.74) is -0.140. The summed E-state index contributed by atoms with van der Waals surface area (Å²) in [6, 6.07) is 13.0. The van der Waals surface area contributed by atoms with Crippen LogP contribution in [0.1, 0.15) is 68.3 Å². The average molecular weight is 701 g/mol. The van der Waals surface area contributed by atoms with Crippen LogP contribution in [0.4, 0.5) is 5.69 Å². The summed E-state index contributed by atoms with van der Waals surface area (Å²) in [5.74, 6) is -0.256. The number of amides is 2. The first-order valence-corrected chi connectivity index (χ1v) is 18.6. The van der Waals surface area contributed by atoms with Gasteiger partial charge in [-0.2, -0.15) is 0 Å². The van der Waals surface area contributed by atoms with E-state index in [0.717, 1.165) is 50.5 Å². The molecule has 1 aliphatic carbocycles. The number of carbonyl (C=O) groups is 3. The first-order chi connectivity index (χ1) is 22.6. The van der Waals surface area contributed by atoms with Gasteiger partial charge in [0.1, 0.15) is 23.5 Å². The van der Waals surface area contributed by atoms with Crippen molar-refractivity contribution < 1.29 is 32.0 Å². The number of ketones is 1. The Morgan fingerprint density at radius 1 is 0.979 bits per heavy atom. The standard InChI is InChI=1S/C35H44N4O7S.ClH/c1-47(43,44)32-11-5-4-10-28(32)39-19-14-27(29(40)24-39)36-34(42)35(15-6-2-7-16-35)37-33(41)31-23-25-22-26(12-13-30(25)46-31)45-21-20-38-17-8-3-9-18-38;/h4-5,10-13,22-23,27H,2-3,6-9,14-21,24H2,1H3,(H,36,42)(H,37,41);1H. The second kappa shape index (κ2) is 15.3. The summed E-state index contributed by atoms with van der Waals surface area (Å²) in [6.07, 6.45) is 8.61. The Bertz CT molecular complexity index is 1730. The molecule has 260 valence electrons. The molecule has 11 nitrogen and oxygen atoms in total. The summed E-state index contributed by atoms with van der Waals surface area (Å²) >= 11 is 0. The number of furan rings is 1. The highest BCUT2D eigenvalue weighted by Crippen LogP contribution is 2.32. The Morgan fingerprint density at radius 2 is 1.71 bits per heavy atom. The van der Waals surface area contributed by atoms with Crippen molar-refractivity contribution in [3.63, 3.8) is 0 Å². The van der Waals surface area contributed by atoms with Crippen LogP contribution < -0.4 is 20.3 Å². The van der Waals surface area contributed by atoms with E-state index in [1.807, 2.05) is 12.1 Å². The van der Waals surface area contributed by atoms with Crippen LogP contribution in [0.5, 0.6) is 5.75 Å². The van der Waals surface area contributed by atoms with Crippen LogP contribution in [-0.2, 0) is 19.4 Å². The highest BCUT2D eigenvalue weighted by atomic mass is 35.5. The molecule has 0 radical (unpaired) electrons. The van der Waals surface area contributed by atoms with Gasteiger partial charge in [0.05, 0.1) is 23.2 Å². The molecule has 1 unspecified atom stereocenters. The van der Waals surface area contributed by atoms with Gasteiger partial charge in [-0.15, -0.1) is 12.4 Å². The minimum absolute atomic E-state index is 0. The lowest BCUT2D eigenvalue weighted by Gasteiger charge is -2.39. The van der Waals surface area contributed by atoms with Gasteiger partial charge in [-0.1, -0.05) is 37.8 Å². The summed E-state index contributed by atoms with van der Waals surface area (Å²) in [6.45, 7) is 4.05. The fourth-order valence-corrected chi connectivity index (χ4v) is 7.95. The minimum Gasteiger partial charge on any atom is -0.492 e. The van der Waals surface area contributed by atoms with Crippen molar-refractivity contribution in [3.8, 4) is 5.75 Å². The summed E-state index contributed by atoms with van der Waals surface area (Å²) < 4.78 is 36.5. The lowest BCUT2D eigenvalue weighted by molar-refractivity contribution is -0.133. The normalized spacial score (nSPS) is 20.1. The van der Waals surface area contributed by atoms with Crippen LogP contribution >= 0.6 is 12.4 Å². The lowest BCUT2D eigenvalue weighted by atomic mass is 9.80. The third kappa shape index (κ3) is 8.15. The number of nitrogens with zero attached hydrogens (tertiary/aromatic N) is 2. The quantitative estimate of drug-likeness (QED) is 0.313. The Kier molecular flexibility index (Phi) is 11.4. The van der Waals surface area contributed by atoms with Gasteiger partial charge in [-0.3, -0.25) is 19.3 Å². The lowest BCUT2D eigenvalue weighted by Crippen LogP contribution is -2.63. The molecule has 1 atom stereocenters. The van der Waals surface area contributed by atoms with Crippen molar-refractivity contribution in [1.29, 1.82) is 0 Å². The monoisotopic (exact) mass is 700 g/mol. The molecule has 2 aromatic carbocycles. The van der Waals surface area contributed by atoms with Crippen molar-refractivity contribution in [2.24, 2.45) is 0 Å². The fourth-order valence-electron chi connectivity index (χ4n) is 7.05. The van der Waals surface area contributed by atoms with Gasteiger partial charge < -0.3 is 24.7 Å². The molecule has 3 aromatic rings. The van der Waals surface area contributed by atoms with E-state index in [9.17, 15) is 22.8 Å². The summed E-state index contributed by atoms with van der Waals surface area (Å²) in [7, 11) is -3.49. The number of Topliss-reactive ketones (excluding diaryl/α,β-unsaturated/α-hetero) is 1. The second-order valence-electron chi connectivity index (χ2n) is 13.1. The number of para-hydroxylation sites is 1. The van der Waals surface area contributed by atoms with E-state index in [1.54, 1.807) is 35.2 Å². The van der Waals surface area contributed by atoms with Crippen LogP contribution in [-0.4, -0.2) is 88.1 Å². The number of piperidine rings is 2. The number of likely N-dealkylation sites (tertiary alicyclic amines) is 1. The smallest absolute Gasteiger partial charge is 0.287 e. The van der Waals surface area contributed by atoms with Crippen LogP contribution in [0.15, 0.2) is 57.8 Å².